The van der Waals surface area contributed by atoms with Crippen LogP contribution >= 0.6 is 11.3 Å². The summed E-state index contributed by atoms with van der Waals surface area (Å²) in [4.78, 5) is 5.62. The highest BCUT2D eigenvalue weighted by Crippen LogP contribution is 2.35. The fourth-order valence-corrected chi connectivity index (χ4v) is 3.00. The molecule has 0 atom stereocenters. The number of nitrogens with one attached hydrogen (secondary N) is 2. The van der Waals surface area contributed by atoms with Crippen molar-refractivity contribution in [3.63, 3.8) is 0 Å². The van der Waals surface area contributed by atoms with Gasteiger partial charge in [0, 0.05) is 17.1 Å². The number of hydrogen-bond acceptors (Lipinski definition) is 4. The van der Waals surface area contributed by atoms with Crippen LogP contribution in [0.15, 0.2) is 12.1 Å². The lowest BCUT2D eigenvalue weighted by molar-refractivity contribution is 0.887. The van der Waals surface area contributed by atoms with E-state index in [9.17, 15) is 0 Å². The average molecular weight is 246 g/mol. The summed E-state index contributed by atoms with van der Waals surface area (Å²) in [5.41, 5.74) is 2.13. The summed E-state index contributed by atoms with van der Waals surface area (Å²) in [6, 6.07) is 4.51. The van der Waals surface area contributed by atoms with Gasteiger partial charge in [0.05, 0.1) is 10.2 Å². The van der Waals surface area contributed by atoms with Gasteiger partial charge in [-0.3, -0.25) is 5.10 Å². The Labute approximate surface area is 103 Å². The Balaban J connectivity index is 2.25. The minimum atomic E-state index is 0.376. The van der Waals surface area contributed by atoms with E-state index < -0.39 is 0 Å². The van der Waals surface area contributed by atoms with Crippen LogP contribution in [0.2, 0.25) is 0 Å². The number of aromatic nitrogens is 3. The van der Waals surface area contributed by atoms with Crippen molar-refractivity contribution >= 4 is 37.6 Å². The van der Waals surface area contributed by atoms with Crippen molar-refractivity contribution in [1.82, 2.24) is 15.2 Å². The van der Waals surface area contributed by atoms with Crippen molar-refractivity contribution in [1.29, 1.82) is 0 Å². The number of aromatic amines is 1. The van der Waals surface area contributed by atoms with Gasteiger partial charge < -0.3 is 5.32 Å². The SMILES string of the molecule is Cc1ccc2c(n1)sc1c(NC(C)C)n[nH]c12. The summed E-state index contributed by atoms with van der Waals surface area (Å²) in [7, 11) is 0. The predicted octanol–water partition coefficient (Wildman–Crippen LogP) is 3.30. The molecule has 0 amide bonds. The van der Waals surface area contributed by atoms with Crippen molar-refractivity contribution in [2.45, 2.75) is 26.8 Å². The van der Waals surface area contributed by atoms with Crippen LogP contribution in [0.25, 0.3) is 20.4 Å². The molecule has 3 heterocycles. The Morgan fingerprint density at radius 1 is 1.35 bits per heavy atom. The molecular weight excluding hydrogens is 232 g/mol. The first kappa shape index (κ1) is 10.5. The van der Waals surface area contributed by atoms with Crippen LogP contribution in [0, 0.1) is 6.92 Å². The molecule has 88 valence electrons. The van der Waals surface area contributed by atoms with Gasteiger partial charge in [-0.15, -0.1) is 11.3 Å². The van der Waals surface area contributed by atoms with Gasteiger partial charge in [-0.25, -0.2) is 4.98 Å². The largest absolute Gasteiger partial charge is 0.365 e. The lowest BCUT2D eigenvalue weighted by Gasteiger charge is -2.04. The number of thiophene rings is 1. The molecule has 0 bridgehead atoms. The maximum absolute atomic E-state index is 4.55. The van der Waals surface area contributed by atoms with E-state index in [0.717, 1.165) is 31.9 Å². The summed E-state index contributed by atoms with van der Waals surface area (Å²) in [6.45, 7) is 6.23. The topological polar surface area (TPSA) is 53.6 Å². The number of fused-ring (bicyclic) bond motifs is 3. The van der Waals surface area contributed by atoms with Crippen molar-refractivity contribution < 1.29 is 0 Å². The molecule has 0 spiro atoms. The number of H-pyrrole nitrogens is 1. The molecule has 0 aliphatic carbocycles. The quantitative estimate of drug-likeness (QED) is 0.729. The molecule has 0 aromatic carbocycles. The zero-order valence-electron chi connectivity index (χ0n) is 10.0. The van der Waals surface area contributed by atoms with Gasteiger partial charge >= 0.3 is 0 Å². The van der Waals surface area contributed by atoms with Crippen LogP contribution in [0.1, 0.15) is 19.5 Å². The molecule has 0 radical (unpaired) electrons. The average Bonchev–Trinajstić information content (AvgIpc) is 2.77. The molecular formula is C12H14N4S. The van der Waals surface area contributed by atoms with Crippen molar-refractivity contribution in [3.05, 3.63) is 17.8 Å². The molecule has 2 N–H and O–H groups in total. The lowest BCUT2D eigenvalue weighted by atomic mass is 10.3. The Morgan fingerprint density at radius 3 is 2.94 bits per heavy atom. The minimum Gasteiger partial charge on any atom is -0.365 e. The zero-order valence-corrected chi connectivity index (χ0v) is 10.9. The Kier molecular flexibility index (Phi) is 2.29. The van der Waals surface area contributed by atoms with E-state index in [1.54, 1.807) is 11.3 Å². The molecule has 0 fully saturated rings. The first-order chi connectivity index (χ1) is 8.15. The third-order valence-electron chi connectivity index (χ3n) is 2.61. The van der Waals surface area contributed by atoms with Gasteiger partial charge in [0.2, 0.25) is 0 Å². The second-order valence-corrected chi connectivity index (χ2v) is 5.48. The number of anilines is 1. The summed E-state index contributed by atoms with van der Waals surface area (Å²) in [5.74, 6) is 0.927. The Bertz CT molecular complexity index is 680. The first-order valence-electron chi connectivity index (χ1n) is 5.66. The Morgan fingerprint density at radius 2 is 2.18 bits per heavy atom. The van der Waals surface area contributed by atoms with Gasteiger partial charge in [0.15, 0.2) is 5.82 Å². The Hall–Kier alpha value is -1.62. The fraction of sp³-hybridized carbons (Fsp3) is 0.333. The second-order valence-electron chi connectivity index (χ2n) is 4.48. The molecule has 3 rings (SSSR count). The molecule has 0 saturated carbocycles. The van der Waals surface area contributed by atoms with Gasteiger partial charge in [0.1, 0.15) is 4.83 Å². The van der Waals surface area contributed by atoms with Crippen LogP contribution in [-0.2, 0) is 0 Å². The number of pyridine rings is 1. The van der Waals surface area contributed by atoms with E-state index in [1.165, 1.54) is 0 Å². The fourth-order valence-electron chi connectivity index (χ4n) is 1.88. The summed E-state index contributed by atoms with van der Waals surface area (Å²) < 4.78 is 1.16. The van der Waals surface area contributed by atoms with Crippen LogP contribution in [-0.4, -0.2) is 21.2 Å². The highest BCUT2D eigenvalue weighted by Gasteiger charge is 2.13. The molecule has 17 heavy (non-hydrogen) atoms. The van der Waals surface area contributed by atoms with E-state index in [-0.39, 0.29) is 0 Å². The van der Waals surface area contributed by atoms with Gasteiger partial charge in [-0.2, -0.15) is 5.10 Å². The number of hydrogen-bond donors (Lipinski definition) is 2. The predicted molar refractivity (Wildman–Crippen MR) is 72.8 cm³/mol. The molecule has 0 saturated heterocycles. The normalized spacial score (nSPS) is 11.8. The van der Waals surface area contributed by atoms with Gasteiger partial charge in [-0.05, 0) is 32.9 Å². The van der Waals surface area contributed by atoms with Gasteiger partial charge in [0.25, 0.3) is 0 Å². The van der Waals surface area contributed by atoms with Crippen LogP contribution in [0.5, 0.6) is 0 Å². The standard InChI is InChI=1S/C12H14N4S/c1-6(2)13-11-10-9(15-16-11)8-5-4-7(3)14-12(8)17-10/h4-6H,1-3H3,(H2,13,15,16). The molecule has 3 aromatic rings. The second kappa shape index (κ2) is 3.70. The number of aryl methyl sites for hydroxylation is 1. The van der Waals surface area contributed by atoms with Crippen LogP contribution in [0.3, 0.4) is 0 Å². The third-order valence-corrected chi connectivity index (χ3v) is 3.72. The number of rotatable bonds is 2. The number of nitrogens with zero attached hydrogens (tertiary/aromatic N) is 2. The van der Waals surface area contributed by atoms with E-state index in [4.69, 9.17) is 0 Å². The van der Waals surface area contributed by atoms with Crippen molar-refractivity contribution in [3.8, 4) is 0 Å². The van der Waals surface area contributed by atoms with Crippen LogP contribution in [0.4, 0.5) is 5.82 Å². The summed E-state index contributed by atoms with van der Waals surface area (Å²) in [5, 5.41) is 11.9. The summed E-state index contributed by atoms with van der Waals surface area (Å²) in [6.07, 6.45) is 0. The molecule has 0 aliphatic rings. The molecule has 0 aliphatic heterocycles. The smallest absolute Gasteiger partial charge is 0.166 e. The molecule has 0 unspecified atom stereocenters. The molecule has 4 nitrogen and oxygen atoms in total. The van der Waals surface area contributed by atoms with E-state index in [2.05, 4.69) is 40.4 Å². The highest BCUT2D eigenvalue weighted by molar-refractivity contribution is 7.26. The summed E-state index contributed by atoms with van der Waals surface area (Å²) >= 11 is 1.68. The zero-order chi connectivity index (χ0) is 12.0. The minimum absolute atomic E-state index is 0.376. The molecule has 5 heteroatoms. The van der Waals surface area contributed by atoms with Crippen molar-refractivity contribution in [2.24, 2.45) is 0 Å². The van der Waals surface area contributed by atoms with Gasteiger partial charge in [-0.1, -0.05) is 0 Å². The third kappa shape index (κ3) is 1.67. The van der Waals surface area contributed by atoms with Crippen molar-refractivity contribution in [2.75, 3.05) is 5.32 Å². The van der Waals surface area contributed by atoms with E-state index in [1.807, 2.05) is 13.0 Å². The first-order valence-corrected chi connectivity index (χ1v) is 6.47. The van der Waals surface area contributed by atoms with E-state index in [0.29, 0.717) is 6.04 Å². The maximum atomic E-state index is 4.55. The van der Waals surface area contributed by atoms with E-state index >= 15 is 0 Å². The highest BCUT2D eigenvalue weighted by atomic mass is 32.1. The van der Waals surface area contributed by atoms with Crippen LogP contribution < -0.4 is 5.32 Å². The monoisotopic (exact) mass is 246 g/mol. The lowest BCUT2D eigenvalue weighted by Crippen LogP contribution is -2.09. The maximum Gasteiger partial charge on any atom is 0.166 e. The molecule has 3 aromatic heterocycles.